The normalized spacial score (nSPS) is 11.0. The van der Waals surface area contributed by atoms with Crippen molar-refractivity contribution in [3.63, 3.8) is 0 Å². The van der Waals surface area contributed by atoms with Gasteiger partial charge in [-0.2, -0.15) is 0 Å². The largest absolute Gasteiger partial charge is 0.494 e. The van der Waals surface area contributed by atoms with Gasteiger partial charge in [-0.3, -0.25) is 0 Å². The Kier molecular flexibility index (Phi) is 7.02. The summed E-state index contributed by atoms with van der Waals surface area (Å²) in [5.41, 5.74) is 0.881. The molecule has 1 aromatic rings. The summed E-state index contributed by atoms with van der Waals surface area (Å²) in [4.78, 5) is 11.8. The Morgan fingerprint density at radius 3 is 2.76 bits per heavy atom. The number of carbonyl (C=O) groups is 1. The summed E-state index contributed by atoms with van der Waals surface area (Å²) in [6.45, 7) is 7.68. The summed E-state index contributed by atoms with van der Waals surface area (Å²) in [6.07, 6.45) is 0.656. The monoisotopic (exact) mass is 294 g/mol. The average molecular weight is 294 g/mol. The molecule has 0 aliphatic heterocycles. The van der Waals surface area contributed by atoms with Crippen molar-refractivity contribution in [3.05, 3.63) is 29.8 Å². The van der Waals surface area contributed by atoms with E-state index in [9.17, 15) is 4.79 Å². The highest BCUT2D eigenvalue weighted by Crippen LogP contribution is 2.17. The van der Waals surface area contributed by atoms with Gasteiger partial charge in [0.2, 0.25) is 0 Å². The quantitative estimate of drug-likeness (QED) is 0.689. The zero-order valence-electron chi connectivity index (χ0n) is 13.1. The van der Waals surface area contributed by atoms with Crippen molar-refractivity contribution in [1.29, 1.82) is 0 Å². The Hall–Kier alpha value is -1.75. The molecule has 118 valence electrons. The van der Waals surface area contributed by atoms with Crippen LogP contribution in [0.4, 0.5) is 4.79 Å². The van der Waals surface area contributed by atoms with Crippen LogP contribution in [0.5, 0.6) is 5.75 Å². The second-order valence-electron chi connectivity index (χ2n) is 5.75. The molecule has 21 heavy (non-hydrogen) atoms. The van der Waals surface area contributed by atoms with Gasteiger partial charge in [-0.05, 0) is 36.5 Å². The molecule has 1 rings (SSSR count). The third-order valence-corrected chi connectivity index (χ3v) is 3.18. The highest BCUT2D eigenvalue weighted by Gasteiger charge is 2.17. The summed E-state index contributed by atoms with van der Waals surface area (Å²) in [5.74, 6) is 0.807. The smallest absolute Gasteiger partial charge is 0.315 e. The molecule has 3 N–H and O–H groups in total. The van der Waals surface area contributed by atoms with E-state index in [1.807, 2.05) is 45.0 Å². The van der Waals surface area contributed by atoms with Crippen LogP contribution in [0.15, 0.2) is 24.3 Å². The number of nitrogens with one attached hydrogen (secondary N) is 2. The molecule has 0 aliphatic carbocycles. The number of benzene rings is 1. The van der Waals surface area contributed by atoms with Crippen molar-refractivity contribution >= 4 is 6.03 Å². The third kappa shape index (κ3) is 6.99. The molecule has 0 saturated carbocycles. The summed E-state index contributed by atoms with van der Waals surface area (Å²) >= 11 is 0. The van der Waals surface area contributed by atoms with Gasteiger partial charge in [0.05, 0.1) is 6.61 Å². The first-order chi connectivity index (χ1) is 9.96. The molecule has 0 radical (unpaired) electrons. The summed E-state index contributed by atoms with van der Waals surface area (Å²) in [5, 5.41) is 14.6. The Morgan fingerprint density at radius 2 is 2.10 bits per heavy atom. The lowest BCUT2D eigenvalue weighted by Gasteiger charge is -2.23. The summed E-state index contributed by atoms with van der Waals surface area (Å²) in [7, 11) is 0. The van der Waals surface area contributed by atoms with Gasteiger partial charge in [-0.15, -0.1) is 0 Å². The van der Waals surface area contributed by atoms with Crippen molar-refractivity contribution in [2.75, 3.05) is 19.8 Å². The van der Waals surface area contributed by atoms with Crippen molar-refractivity contribution in [1.82, 2.24) is 10.6 Å². The zero-order valence-corrected chi connectivity index (χ0v) is 13.1. The van der Waals surface area contributed by atoms with Crippen molar-refractivity contribution < 1.29 is 14.6 Å². The second-order valence-corrected chi connectivity index (χ2v) is 5.75. The highest BCUT2D eigenvalue weighted by molar-refractivity contribution is 5.73. The van der Waals surface area contributed by atoms with Crippen LogP contribution in [-0.4, -0.2) is 30.9 Å². The van der Waals surface area contributed by atoms with E-state index in [0.717, 1.165) is 11.3 Å². The third-order valence-electron chi connectivity index (χ3n) is 3.18. The van der Waals surface area contributed by atoms with Crippen LogP contribution in [0.2, 0.25) is 0 Å². The number of amides is 2. The van der Waals surface area contributed by atoms with Gasteiger partial charge in [0, 0.05) is 19.7 Å². The fourth-order valence-electron chi connectivity index (χ4n) is 1.87. The molecule has 5 heteroatoms. The number of hydrogen-bond donors (Lipinski definition) is 3. The Morgan fingerprint density at radius 1 is 1.33 bits per heavy atom. The van der Waals surface area contributed by atoms with Crippen molar-refractivity contribution in [2.24, 2.45) is 5.41 Å². The number of rotatable bonds is 8. The lowest BCUT2D eigenvalue weighted by molar-refractivity contribution is 0.201. The minimum atomic E-state index is -0.206. The number of carbonyl (C=O) groups excluding carboxylic acids is 1. The van der Waals surface area contributed by atoms with Crippen LogP contribution < -0.4 is 15.4 Å². The maximum absolute atomic E-state index is 11.8. The number of aliphatic hydroxyl groups excluding tert-OH is 1. The Bertz CT molecular complexity index is 447. The SMILES string of the molecule is CCOc1cccc(CNC(=O)NCC(C)(C)CCO)c1. The van der Waals surface area contributed by atoms with Crippen molar-refractivity contribution in [2.45, 2.75) is 33.7 Å². The molecule has 0 aromatic heterocycles. The van der Waals surface area contributed by atoms with E-state index in [1.165, 1.54) is 0 Å². The van der Waals surface area contributed by atoms with E-state index in [1.54, 1.807) is 0 Å². The molecule has 0 saturated heterocycles. The van der Waals surface area contributed by atoms with Gasteiger partial charge < -0.3 is 20.5 Å². The van der Waals surface area contributed by atoms with Gasteiger partial charge in [-0.1, -0.05) is 26.0 Å². The molecule has 2 amide bonds. The van der Waals surface area contributed by atoms with Crippen LogP contribution in [0.3, 0.4) is 0 Å². The fraction of sp³-hybridized carbons (Fsp3) is 0.562. The molecule has 5 nitrogen and oxygen atoms in total. The zero-order chi connectivity index (χ0) is 15.7. The lowest BCUT2D eigenvalue weighted by atomic mass is 9.90. The van der Waals surface area contributed by atoms with E-state index < -0.39 is 0 Å². The number of ether oxygens (including phenoxy) is 1. The molecule has 0 heterocycles. The van der Waals surface area contributed by atoms with E-state index in [-0.39, 0.29) is 18.1 Å². The number of hydrogen-bond acceptors (Lipinski definition) is 3. The van der Waals surface area contributed by atoms with Crippen LogP contribution in [0, 0.1) is 5.41 Å². The van der Waals surface area contributed by atoms with Crippen LogP contribution in [-0.2, 0) is 6.54 Å². The first-order valence-corrected chi connectivity index (χ1v) is 7.31. The van der Waals surface area contributed by atoms with Crippen LogP contribution in [0.25, 0.3) is 0 Å². The molecule has 0 unspecified atom stereocenters. The van der Waals surface area contributed by atoms with E-state index in [0.29, 0.717) is 26.1 Å². The fourth-order valence-corrected chi connectivity index (χ4v) is 1.87. The molecule has 0 atom stereocenters. The second kappa shape index (κ2) is 8.52. The average Bonchev–Trinajstić information content (AvgIpc) is 2.44. The highest BCUT2D eigenvalue weighted by atomic mass is 16.5. The van der Waals surface area contributed by atoms with E-state index in [4.69, 9.17) is 9.84 Å². The topological polar surface area (TPSA) is 70.6 Å². The first kappa shape index (κ1) is 17.3. The standard InChI is InChI=1S/C16H26N2O3/c1-4-21-14-7-5-6-13(10-14)11-17-15(20)18-12-16(2,3)8-9-19/h5-7,10,19H,4,8-9,11-12H2,1-3H3,(H2,17,18,20). The molecule has 1 aromatic carbocycles. The van der Waals surface area contributed by atoms with E-state index >= 15 is 0 Å². The summed E-state index contributed by atoms with van der Waals surface area (Å²) < 4.78 is 5.42. The minimum Gasteiger partial charge on any atom is -0.494 e. The summed E-state index contributed by atoms with van der Waals surface area (Å²) in [6, 6.07) is 7.45. The lowest BCUT2D eigenvalue weighted by Crippen LogP contribution is -2.40. The van der Waals surface area contributed by atoms with Crippen molar-refractivity contribution in [3.8, 4) is 5.75 Å². The van der Waals surface area contributed by atoms with Crippen LogP contribution >= 0.6 is 0 Å². The Balaban J connectivity index is 2.37. The van der Waals surface area contributed by atoms with E-state index in [2.05, 4.69) is 10.6 Å². The first-order valence-electron chi connectivity index (χ1n) is 7.31. The van der Waals surface area contributed by atoms with Gasteiger partial charge in [0.15, 0.2) is 0 Å². The molecular weight excluding hydrogens is 268 g/mol. The van der Waals surface area contributed by atoms with Gasteiger partial charge in [-0.25, -0.2) is 4.79 Å². The van der Waals surface area contributed by atoms with Crippen LogP contribution in [0.1, 0.15) is 32.8 Å². The number of aliphatic hydroxyl groups is 1. The van der Waals surface area contributed by atoms with Gasteiger partial charge in [0.1, 0.15) is 5.75 Å². The van der Waals surface area contributed by atoms with Gasteiger partial charge >= 0.3 is 6.03 Å². The molecule has 0 fully saturated rings. The molecular formula is C16H26N2O3. The molecule has 0 spiro atoms. The maximum atomic E-state index is 11.8. The maximum Gasteiger partial charge on any atom is 0.315 e. The van der Waals surface area contributed by atoms with Gasteiger partial charge in [0.25, 0.3) is 0 Å². The Labute approximate surface area is 126 Å². The molecule has 0 aliphatic rings. The predicted molar refractivity (Wildman–Crippen MR) is 83.3 cm³/mol. The predicted octanol–water partition coefficient (Wildman–Crippen LogP) is 2.29. The number of urea groups is 1. The molecule has 0 bridgehead atoms. The minimum absolute atomic E-state index is 0.110.